The lowest BCUT2D eigenvalue weighted by Gasteiger charge is -2.03. The molecule has 0 fully saturated rings. The number of ether oxygens (including phenoxy) is 1. The quantitative estimate of drug-likeness (QED) is 0.201. The predicted molar refractivity (Wildman–Crippen MR) is 126 cm³/mol. The second-order valence-corrected chi connectivity index (χ2v) is 7.54. The molecule has 0 aliphatic carbocycles. The Morgan fingerprint density at radius 2 is 1.87 bits per heavy atom. The number of benzene rings is 3. The first-order chi connectivity index (χ1) is 14.6. The van der Waals surface area contributed by atoms with Crippen LogP contribution in [-0.4, -0.2) is 24.1 Å². The summed E-state index contributed by atoms with van der Waals surface area (Å²) in [6.07, 6.45) is 7.12. The third kappa shape index (κ3) is 4.42. The molecule has 4 aromatic rings. The zero-order valence-corrected chi connectivity index (χ0v) is 17.9. The highest BCUT2D eigenvalue weighted by atomic mass is 79.9. The molecule has 0 atom stereocenters. The summed E-state index contributed by atoms with van der Waals surface area (Å²) in [5.41, 5.74) is 4.43. The van der Waals surface area contributed by atoms with Crippen LogP contribution < -0.4 is 4.74 Å². The van der Waals surface area contributed by atoms with E-state index in [2.05, 4.69) is 32.0 Å². The van der Waals surface area contributed by atoms with Crippen molar-refractivity contribution in [3.63, 3.8) is 0 Å². The number of aromatic nitrogens is 1. The van der Waals surface area contributed by atoms with E-state index in [0.29, 0.717) is 5.56 Å². The van der Waals surface area contributed by atoms with Gasteiger partial charge in [-0.15, -0.1) is 0 Å². The van der Waals surface area contributed by atoms with Gasteiger partial charge in [0.2, 0.25) is 0 Å². The molecule has 1 aromatic heterocycles. The highest BCUT2D eigenvalue weighted by molar-refractivity contribution is 9.10. The number of aliphatic imine (C=N–C) groups is 1. The van der Waals surface area contributed by atoms with Crippen molar-refractivity contribution in [2.45, 2.75) is 0 Å². The Morgan fingerprint density at radius 1 is 1.07 bits per heavy atom. The van der Waals surface area contributed by atoms with Crippen LogP contribution in [0.4, 0.5) is 5.69 Å². The van der Waals surface area contributed by atoms with Gasteiger partial charge in [0, 0.05) is 34.4 Å². The van der Waals surface area contributed by atoms with E-state index in [1.54, 1.807) is 31.4 Å². The van der Waals surface area contributed by atoms with Crippen molar-refractivity contribution in [3.8, 4) is 5.75 Å². The number of halogens is 1. The van der Waals surface area contributed by atoms with Crippen LogP contribution in [0.1, 0.15) is 21.5 Å². The number of hydrogen-bond acceptors (Lipinski definition) is 3. The molecule has 3 aromatic carbocycles. The molecule has 0 unspecified atom stereocenters. The maximum atomic E-state index is 12.5. The summed E-state index contributed by atoms with van der Waals surface area (Å²) >= 11 is 3.45. The van der Waals surface area contributed by atoms with Crippen molar-refractivity contribution < 1.29 is 9.53 Å². The fourth-order valence-corrected chi connectivity index (χ4v) is 3.67. The van der Waals surface area contributed by atoms with Crippen LogP contribution in [0.15, 0.2) is 88.5 Å². The highest BCUT2D eigenvalue weighted by Crippen LogP contribution is 2.26. The molecule has 0 aliphatic heterocycles. The number of H-pyrrole nitrogens is 1. The van der Waals surface area contributed by atoms with Gasteiger partial charge >= 0.3 is 0 Å². The predicted octanol–water partition coefficient (Wildman–Crippen LogP) is 6.59. The standard InChI is InChI=1S/C25H19BrN2O2/c1-30-25-13-7-17(14-22(25)26)6-12-24(29)18-8-10-20(11-9-18)27-15-19-16-28-23-5-3-2-4-21(19)23/h2-16,28H,1H3/b12-6+,27-15?. The normalized spacial score (nSPS) is 11.5. The fourth-order valence-electron chi connectivity index (χ4n) is 3.11. The molecule has 0 saturated carbocycles. The van der Waals surface area contributed by atoms with Gasteiger partial charge in [-0.2, -0.15) is 0 Å². The molecule has 0 radical (unpaired) electrons. The maximum Gasteiger partial charge on any atom is 0.185 e. The van der Waals surface area contributed by atoms with Gasteiger partial charge in [0.25, 0.3) is 0 Å². The summed E-state index contributed by atoms with van der Waals surface area (Å²) < 4.78 is 6.06. The Hall–Kier alpha value is -3.44. The second-order valence-electron chi connectivity index (χ2n) is 6.69. The van der Waals surface area contributed by atoms with Crippen molar-refractivity contribution in [3.05, 3.63) is 100 Å². The number of allylic oxidation sites excluding steroid dienone is 1. The van der Waals surface area contributed by atoms with E-state index in [-0.39, 0.29) is 5.78 Å². The van der Waals surface area contributed by atoms with Crippen molar-refractivity contribution in [2.24, 2.45) is 4.99 Å². The summed E-state index contributed by atoms with van der Waals surface area (Å²) in [6.45, 7) is 0. The van der Waals surface area contributed by atoms with Crippen LogP contribution in [0.5, 0.6) is 5.75 Å². The van der Waals surface area contributed by atoms with Crippen LogP contribution in [0.3, 0.4) is 0 Å². The third-order valence-corrected chi connectivity index (χ3v) is 5.35. The van der Waals surface area contributed by atoms with Gasteiger partial charge in [-0.1, -0.05) is 30.3 Å². The molecule has 1 heterocycles. The lowest BCUT2D eigenvalue weighted by molar-refractivity contribution is 0.104. The van der Waals surface area contributed by atoms with Crippen LogP contribution in [-0.2, 0) is 0 Å². The maximum absolute atomic E-state index is 12.5. The molecule has 30 heavy (non-hydrogen) atoms. The minimum atomic E-state index is -0.0610. The minimum Gasteiger partial charge on any atom is -0.496 e. The first-order valence-corrected chi connectivity index (χ1v) is 10.2. The molecule has 0 bridgehead atoms. The first-order valence-electron chi connectivity index (χ1n) is 9.40. The van der Waals surface area contributed by atoms with Crippen molar-refractivity contribution in [1.29, 1.82) is 0 Å². The van der Waals surface area contributed by atoms with Gasteiger partial charge in [-0.25, -0.2) is 0 Å². The Kier molecular flexibility index (Phi) is 5.91. The van der Waals surface area contributed by atoms with E-state index in [0.717, 1.165) is 37.9 Å². The number of methoxy groups -OCH3 is 1. The molecule has 0 saturated heterocycles. The van der Waals surface area contributed by atoms with Crippen molar-refractivity contribution in [1.82, 2.24) is 4.98 Å². The van der Waals surface area contributed by atoms with E-state index in [1.165, 1.54) is 0 Å². The fraction of sp³-hybridized carbons (Fsp3) is 0.0400. The highest BCUT2D eigenvalue weighted by Gasteiger charge is 2.04. The molecule has 5 heteroatoms. The van der Waals surface area contributed by atoms with E-state index >= 15 is 0 Å². The SMILES string of the molecule is COc1ccc(/C=C/C(=O)c2ccc(N=Cc3c[nH]c4ccccc34)cc2)cc1Br. The van der Waals surface area contributed by atoms with Gasteiger partial charge in [-0.05, 0) is 70.0 Å². The summed E-state index contributed by atoms with van der Waals surface area (Å²) in [5, 5.41) is 1.13. The number of carbonyl (C=O) groups is 1. The topological polar surface area (TPSA) is 54.4 Å². The number of nitrogens with one attached hydrogen (secondary N) is 1. The van der Waals surface area contributed by atoms with E-state index in [4.69, 9.17) is 4.74 Å². The largest absolute Gasteiger partial charge is 0.496 e. The zero-order valence-electron chi connectivity index (χ0n) is 16.3. The number of ketones is 1. The summed E-state index contributed by atoms with van der Waals surface area (Å²) in [6, 6.07) is 21.0. The first kappa shape index (κ1) is 19.9. The second kappa shape index (κ2) is 8.93. The van der Waals surface area contributed by atoms with Gasteiger partial charge in [0.15, 0.2) is 5.78 Å². The van der Waals surface area contributed by atoms with Crippen LogP contribution in [0, 0.1) is 0 Å². The lowest BCUT2D eigenvalue weighted by Crippen LogP contribution is -1.93. The van der Waals surface area contributed by atoms with Crippen LogP contribution in [0.25, 0.3) is 17.0 Å². The molecule has 148 valence electrons. The summed E-state index contributed by atoms with van der Waals surface area (Å²) in [7, 11) is 1.62. The van der Waals surface area contributed by atoms with E-state index in [9.17, 15) is 4.79 Å². The Balaban J connectivity index is 1.45. The van der Waals surface area contributed by atoms with Crippen molar-refractivity contribution in [2.75, 3.05) is 7.11 Å². The molecule has 4 rings (SSSR count). The van der Waals surface area contributed by atoms with Gasteiger partial charge in [0.05, 0.1) is 17.3 Å². The third-order valence-electron chi connectivity index (χ3n) is 4.73. The number of hydrogen-bond donors (Lipinski definition) is 1. The zero-order chi connectivity index (χ0) is 20.9. The average molecular weight is 459 g/mol. The van der Waals surface area contributed by atoms with E-state index in [1.807, 2.05) is 60.9 Å². The Labute approximate surface area is 183 Å². The lowest BCUT2D eigenvalue weighted by atomic mass is 10.1. The molecule has 4 nitrogen and oxygen atoms in total. The van der Waals surface area contributed by atoms with Gasteiger partial charge in [-0.3, -0.25) is 9.79 Å². The van der Waals surface area contributed by atoms with Gasteiger partial charge in [0.1, 0.15) is 5.75 Å². The minimum absolute atomic E-state index is 0.0610. The number of nitrogens with zero attached hydrogens (tertiary/aromatic N) is 1. The number of rotatable bonds is 6. The summed E-state index contributed by atoms with van der Waals surface area (Å²) in [4.78, 5) is 20.2. The number of carbonyl (C=O) groups excluding carboxylic acids is 1. The average Bonchev–Trinajstić information content (AvgIpc) is 3.19. The summed E-state index contributed by atoms with van der Waals surface area (Å²) in [5.74, 6) is 0.691. The molecular weight excluding hydrogens is 440 g/mol. The van der Waals surface area contributed by atoms with E-state index < -0.39 is 0 Å². The molecule has 0 aliphatic rings. The Bertz CT molecular complexity index is 1250. The molecular formula is C25H19BrN2O2. The number of aromatic amines is 1. The molecule has 0 amide bonds. The number of para-hydroxylation sites is 1. The molecule has 1 N–H and O–H groups in total. The van der Waals surface area contributed by atoms with Crippen molar-refractivity contribution >= 4 is 50.6 Å². The monoisotopic (exact) mass is 458 g/mol. The number of fused-ring (bicyclic) bond motifs is 1. The van der Waals surface area contributed by atoms with Crippen LogP contribution >= 0.6 is 15.9 Å². The van der Waals surface area contributed by atoms with Crippen LogP contribution in [0.2, 0.25) is 0 Å². The Morgan fingerprint density at radius 3 is 2.63 bits per heavy atom. The molecule has 0 spiro atoms. The van der Waals surface area contributed by atoms with Gasteiger partial charge < -0.3 is 9.72 Å². The smallest absolute Gasteiger partial charge is 0.185 e.